The topological polar surface area (TPSA) is 90.7 Å². The molecule has 21 heavy (non-hydrogen) atoms. The van der Waals surface area contributed by atoms with E-state index in [2.05, 4.69) is 20.9 Å². The number of rotatable bonds is 4. The number of aliphatic hydroxyl groups excluding tert-OH is 1. The molecule has 1 aromatic heterocycles. The normalized spacial score (nSPS) is 12.9. The van der Waals surface area contributed by atoms with Gasteiger partial charge in [0.25, 0.3) is 0 Å². The van der Waals surface area contributed by atoms with E-state index >= 15 is 0 Å². The van der Waals surface area contributed by atoms with Crippen molar-refractivity contribution in [3.05, 3.63) is 40.0 Å². The Morgan fingerprint density at radius 2 is 1.95 bits per heavy atom. The molecule has 0 aliphatic rings. The molecule has 0 radical (unpaired) electrons. The Kier molecular flexibility index (Phi) is 4.46. The van der Waals surface area contributed by atoms with E-state index in [1.807, 2.05) is 0 Å². The van der Waals surface area contributed by atoms with E-state index in [9.17, 15) is 13.3 Å². The molecule has 3 N–H and O–H groups in total. The van der Waals surface area contributed by atoms with Gasteiger partial charge in [0.2, 0.25) is 0 Å². The summed E-state index contributed by atoms with van der Waals surface area (Å²) in [5, 5.41) is 9.39. The molecule has 0 saturated heterocycles. The molecule has 114 valence electrons. The number of halogens is 3. The van der Waals surface area contributed by atoms with Crippen molar-refractivity contribution < 1.29 is 28.2 Å². The third-order valence-corrected chi connectivity index (χ3v) is 4.52. The molecule has 2 rings (SSSR count). The zero-order valence-corrected chi connectivity index (χ0v) is 13.0. The summed E-state index contributed by atoms with van der Waals surface area (Å²) >= 11 is 2.90. The summed E-state index contributed by atoms with van der Waals surface area (Å²) in [5.41, 5.74) is -4.46. The van der Waals surface area contributed by atoms with Gasteiger partial charge in [-0.1, -0.05) is 22.0 Å². The highest BCUT2D eigenvalue weighted by Gasteiger charge is 2.51. The van der Waals surface area contributed by atoms with E-state index < -0.39 is 18.8 Å². The number of hydrogen-bond acceptors (Lipinski definition) is 3. The lowest BCUT2D eigenvalue weighted by Gasteiger charge is -2.19. The second-order valence-corrected chi connectivity index (χ2v) is 6.89. The number of aliphatic hydroxyl groups is 1. The van der Waals surface area contributed by atoms with Gasteiger partial charge in [-0.05, 0) is 18.2 Å². The predicted molar refractivity (Wildman–Crippen MR) is 76.2 cm³/mol. The van der Waals surface area contributed by atoms with Crippen molar-refractivity contribution in [1.82, 2.24) is 4.98 Å². The minimum Gasteiger partial charge on any atom is -0.396 e. The Hall–Kier alpha value is -0.920. The number of hydrogen-bond donors (Lipinski definition) is 3. The molecule has 5 nitrogen and oxygen atoms in total. The molecule has 1 heterocycles. The summed E-state index contributed by atoms with van der Waals surface area (Å²) in [7, 11) is -5.65. The van der Waals surface area contributed by atoms with Gasteiger partial charge in [-0.3, -0.25) is 9.55 Å². The Bertz CT molecular complexity index is 735. The van der Waals surface area contributed by atoms with Crippen molar-refractivity contribution in [3.63, 3.8) is 0 Å². The number of nitrogens with zero attached hydrogens (tertiary/aromatic N) is 1. The number of alkyl halides is 2. The van der Waals surface area contributed by atoms with Crippen molar-refractivity contribution in [3.8, 4) is 0 Å². The highest BCUT2D eigenvalue weighted by molar-refractivity contribution is 9.10. The summed E-state index contributed by atoms with van der Waals surface area (Å²) in [6.45, 7) is -0.138. The highest BCUT2D eigenvalue weighted by atomic mass is 79.9. The van der Waals surface area contributed by atoms with Crippen LogP contribution in [0.25, 0.3) is 10.9 Å². The van der Waals surface area contributed by atoms with Crippen LogP contribution >= 0.6 is 23.5 Å². The fraction of sp³-hybridized carbons (Fsp3) is 0.250. The monoisotopic (exact) mass is 381 g/mol. The number of benzene rings is 1. The quantitative estimate of drug-likeness (QED) is 0.708. The van der Waals surface area contributed by atoms with Crippen molar-refractivity contribution in [1.29, 1.82) is 0 Å². The zero-order valence-electron chi connectivity index (χ0n) is 10.5. The summed E-state index contributed by atoms with van der Waals surface area (Å²) in [6, 6.07) is 5.55. The van der Waals surface area contributed by atoms with Gasteiger partial charge in [-0.15, -0.1) is 0 Å². The summed E-state index contributed by atoms with van der Waals surface area (Å²) in [6.07, 6.45) is 0.260. The SMILES string of the molecule is O=P(O)(O)C(F)(F)c1cc2nc(CCO)ccc2cc1Br. The minimum atomic E-state index is -5.65. The average molecular weight is 382 g/mol. The molecule has 0 fully saturated rings. The predicted octanol–water partition coefficient (Wildman–Crippen LogP) is 2.76. The molecule has 0 aliphatic heterocycles. The highest BCUT2D eigenvalue weighted by Crippen LogP contribution is 2.60. The molecule has 0 amide bonds. The Balaban J connectivity index is 2.65. The molecule has 9 heteroatoms. The second kappa shape index (κ2) is 5.70. The Labute approximate surface area is 126 Å². The van der Waals surface area contributed by atoms with Gasteiger partial charge in [0.1, 0.15) is 0 Å². The first-order valence-corrected chi connectivity index (χ1v) is 8.21. The first-order valence-electron chi connectivity index (χ1n) is 5.81. The maximum atomic E-state index is 13.8. The van der Waals surface area contributed by atoms with Gasteiger partial charge in [0.05, 0.1) is 5.52 Å². The van der Waals surface area contributed by atoms with E-state index in [4.69, 9.17) is 14.9 Å². The Morgan fingerprint density at radius 3 is 2.52 bits per heavy atom. The van der Waals surface area contributed by atoms with E-state index in [0.29, 0.717) is 11.1 Å². The lowest BCUT2D eigenvalue weighted by molar-refractivity contribution is 0.0558. The largest absolute Gasteiger partial charge is 0.399 e. The van der Waals surface area contributed by atoms with E-state index in [1.165, 1.54) is 6.07 Å². The van der Waals surface area contributed by atoms with Crippen molar-refractivity contribution in [2.24, 2.45) is 0 Å². The van der Waals surface area contributed by atoms with Gasteiger partial charge in [-0.2, -0.15) is 8.78 Å². The Morgan fingerprint density at radius 1 is 1.29 bits per heavy atom. The van der Waals surface area contributed by atoms with Crippen LogP contribution in [0, 0.1) is 0 Å². The molecule has 0 atom stereocenters. The smallest absolute Gasteiger partial charge is 0.396 e. The standard InChI is InChI=1S/C12H11BrF2NO4P/c13-10-5-7-1-2-8(3-4-17)16-11(7)6-9(10)12(14,15)21(18,19)20/h1-2,5-6,17H,3-4H2,(H2,18,19,20). The van der Waals surface area contributed by atoms with Crippen molar-refractivity contribution >= 4 is 34.4 Å². The third kappa shape index (κ3) is 3.14. The zero-order chi connectivity index (χ0) is 15.8. The first-order chi connectivity index (χ1) is 9.66. The van der Waals surface area contributed by atoms with E-state index in [0.717, 1.165) is 6.07 Å². The molecule has 0 spiro atoms. The summed E-state index contributed by atoms with van der Waals surface area (Å²) in [5.74, 6) is 0. The fourth-order valence-electron chi connectivity index (χ4n) is 1.83. The molecule has 2 aromatic rings. The summed E-state index contributed by atoms with van der Waals surface area (Å²) < 4.78 is 38.5. The maximum absolute atomic E-state index is 13.8. The second-order valence-electron chi connectivity index (χ2n) is 4.39. The lowest BCUT2D eigenvalue weighted by atomic mass is 10.1. The molecule has 0 unspecified atom stereocenters. The number of aromatic nitrogens is 1. The van der Waals surface area contributed by atoms with Crippen LogP contribution in [0.1, 0.15) is 11.3 Å². The van der Waals surface area contributed by atoms with Crippen LogP contribution in [0.5, 0.6) is 0 Å². The minimum absolute atomic E-state index is 0.111. The molecular weight excluding hydrogens is 371 g/mol. The molecule has 1 aromatic carbocycles. The van der Waals surface area contributed by atoms with Crippen molar-refractivity contribution in [2.75, 3.05) is 6.61 Å². The summed E-state index contributed by atoms with van der Waals surface area (Å²) in [4.78, 5) is 21.7. The fourth-order valence-corrected chi connectivity index (χ4v) is 3.09. The third-order valence-electron chi connectivity index (χ3n) is 2.89. The van der Waals surface area contributed by atoms with Crippen LogP contribution in [0.15, 0.2) is 28.7 Å². The molecular formula is C12H11BrF2NO4P. The number of fused-ring (bicyclic) bond motifs is 1. The van der Waals surface area contributed by atoms with Crippen LogP contribution in [0.2, 0.25) is 0 Å². The van der Waals surface area contributed by atoms with Crippen LogP contribution < -0.4 is 0 Å². The van der Waals surface area contributed by atoms with Crippen LogP contribution in [-0.2, 0) is 16.6 Å². The lowest BCUT2D eigenvalue weighted by Crippen LogP contribution is -2.14. The van der Waals surface area contributed by atoms with E-state index in [-0.39, 0.29) is 23.0 Å². The average Bonchev–Trinajstić information content (AvgIpc) is 2.37. The van der Waals surface area contributed by atoms with Crippen LogP contribution in [0.3, 0.4) is 0 Å². The number of pyridine rings is 1. The van der Waals surface area contributed by atoms with Gasteiger partial charge in [0, 0.05) is 34.1 Å². The molecule has 0 bridgehead atoms. The van der Waals surface area contributed by atoms with Gasteiger partial charge >= 0.3 is 13.3 Å². The molecule has 0 aliphatic carbocycles. The van der Waals surface area contributed by atoms with E-state index in [1.54, 1.807) is 12.1 Å². The van der Waals surface area contributed by atoms with Gasteiger partial charge < -0.3 is 14.9 Å². The first kappa shape index (κ1) is 16.5. The van der Waals surface area contributed by atoms with Crippen LogP contribution in [-0.4, -0.2) is 26.5 Å². The maximum Gasteiger partial charge on any atom is 0.399 e. The van der Waals surface area contributed by atoms with Crippen molar-refractivity contribution in [2.45, 2.75) is 12.1 Å². The van der Waals surface area contributed by atoms with Gasteiger partial charge in [0.15, 0.2) is 0 Å². The van der Waals surface area contributed by atoms with Crippen LogP contribution in [0.4, 0.5) is 8.78 Å². The molecule has 0 saturated carbocycles. The van der Waals surface area contributed by atoms with Gasteiger partial charge in [-0.25, -0.2) is 0 Å².